The van der Waals surface area contributed by atoms with Crippen LogP contribution in [-0.4, -0.2) is 22.4 Å². The van der Waals surface area contributed by atoms with Gasteiger partial charge in [0.1, 0.15) is 18.1 Å². The van der Waals surface area contributed by atoms with Crippen LogP contribution in [-0.2, 0) is 0 Å². The van der Waals surface area contributed by atoms with Crippen LogP contribution in [0.3, 0.4) is 0 Å². The molecule has 0 atom stereocenters. The fourth-order valence-electron chi connectivity index (χ4n) is 0.882. The topological polar surface area (TPSA) is 75.7 Å². The molecule has 0 fully saturated rings. The van der Waals surface area contributed by atoms with Crippen LogP contribution in [0.5, 0.6) is 11.5 Å². The van der Waals surface area contributed by atoms with Gasteiger partial charge in [-0.2, -0.15) is 0 Å². The largest absolute Gasteiger partial charge is 0.506 e. The summed E-state index contributed by atoms with van der Waals surface area (Å²) < 4.78 is 5.27. The third kappa shape index (κ3) is 3.14. The first-order valence-electron chi connectivity index (χ1n) is 4.32. The summed E-state index contributed by atoms with van der Waals surface area (Å²) in [5.74, 6) is 0.558. The van der Waals surface area contributed by atoms with E-state index in [9.17, 15) is 5.11 Å². The van der Waals surface area contributed by atoms with Crippen LogP contribution in [0, 0.1) is 0 Å². The van der Waals surface area contributed by atoms with Crippen molar-refractivity contribution in [1.29, 1.82) is 0 Å². The van der Waals surface area contributed by atoms with Crippen molar-refractivity contribution in [2.24, 2.45) is 0 Å². The van der Waals surface area contributed by atoms with Crippen molar-refractivity contribution in [3.8, 4) is 11.5 Å². The molecule has 0 aliphatic rings. The molecule has 0 saturated heterocycles. The summed E-state index contributed by atoms with van der Waals surface area (Å²) in [5.41, 5.74) is 4.85. The number of phenolic OH excluding ortho intramolecular Hbond substituents is 1. The van der Waals surface area contributed by atoms with Gasteiger partial charge in [-0.3, -0.25) is 0 Å². The first-order chi connectivity index (χ1) is 6.38. The van der Waals surface area contributed by atoms with Crippen molar-refractivity contribution in [2.45, 2.75) is 19.4 Å². The first-order valence-corrected chi connectivity index (χ1v) is 4.32. The van der Waals surface area contributed by atoms with Crippen molar-refractivity contribution in [2.75, 3.05) is 12.3 Å². The molecular weight excluding hydrogens is 182 g/mol. The number of hydrogen-bond donors (Lipinski definition) is 3. The summed E-state index contributed by atoms with van der Waals surface area (Å²) in [6.45, 7) is 3.48. The molecule has 14 heavy (non-hydrogen) atoms. The van der Waals surface area contributed by atoms with Gasteiger partial charge in [-0.05, 0) is 26.0 Å². The number of nitrogens with two attached hydrogens (primary N) is 1. The standard InChI is InChI=1S/C10H15NO3/c1-10(2,13)6-14-7-3-4-9(12)8(11)5-7/h3-5,12-13H,6,11H2,1-2H3. The third-order valence-electron chi connectivity index (χ3n) is 1.59. The molecule has 0 saturated carbocycles. The molecule has 0 amide bonds. The molecule has 4 heteroatoms. The molecule has 1 aromatic rings. The normalized spacial score (nSPS) is 11.4. The molecule has 1 rings (SSSR count). The summed E-state index contributed by atoms with van der Waals surface area (Å²) in [7, 11) is 0. The van der Waals surface area contributed by atoms with E-state index >= 15 is 0 Å². The first kappa shape index (κ1) is 10.7. The second kappa shape index (κ2) is 3.75. The van der Waals surface area contributed by atoms with Crippen molar-refractivity contribution >= 4 is 5.69 Å². The summed E-state index contributed by atoms with van der Waals surface area (Å²) in [5, 5.41) is 18.5. The predicted octanol–water partition coefficient (Wildman–Crippen LogP) is 1.12. The minimum Gasteiger partial charge on any atom is -0.506 e. The van der Waals surface area contributed by atoms with E-state index in [0.717, 1.165) is 0 Å². The van der Waals surface area contributed by atoms with Gasteiger partial charge in [0.25, 0.3) is 0 Å². The van der Waals surface area contributed by atoms with Crippen molar-refractivity contribution in [3.05, 3.63) is 18.2 Å². The number of anilines is 1. The van der Waals surface area contributed by atoms with Crippen molar-refractivity contribution in [1.82, 2.24) is 0 Å². The Morgan fingerprint density at radius 2 is 2.07 bits per heavy atom. The molecule has 0 aliphatic heterocycles. The molecule has 0 unspecified atom stereocenters. The van der Waals surface area contributed by atoms with E-state index in [0.29, 0.717) is 5.75 Å². The predicted molar refractivity (Wildman–Crippen MR) is 54.3 cm³/mol. The number of aromatic hydroxyl groups is 1. The third-order valence-corrected chi connectivity index (χ3v) is 1.59. The fourth-order valence-corrected chi connectivity index (χ4v) is 0.882. The van der Waals surface area contributed by atoms with Gasteiger partial charge in [-0.1, -0.05) is 0 Å². The van der Waals surface area contributed by atoms with E-state index in [1.807, 2.05) is 0 Å². The monoisotopic (exact) mass is 197 g/mol. The highest BCUT2D eigenvalue weighted by Crippen LogP contribution is 2.25. The molecule has 0 aliphatic carbocycles. The van der Waals surface area contributed by atoms with Gasteiger partial charge in [0, 0.05) is 6.07 Å². The highest BCUT2D eigenvalue weighted by molar-refractivity contribution is 5.55. The Kier molecular flexibility index (Phi) is 2.86. The van der Waals surface area contributed by atoms with E-state index in [1.54, 1.807) is 19.9 Å². The molecule has 0 bridgehead atoms. The van der Waals surface area contributed by atoms with E-state index in [-0.39, 0.29) is 18.0 Å². The van der Waals surface area contributed by atoms with Gasteiger partial charge < -0.3 is 20.7 Å². The Bertz CT molecular complexity index is 318. The van der Waals surface area contributed by atoms with E-state index in [2.05, 4.69) is 0 Å². The minimum absolute atomic E-state index is 0.0283. The molecule has 0 aromatic heterocycles. The maximum Gasteiger partial charge on any atom is 0.138 e. The van der Waals surface area contributed by atoms with Gasteiger partial charge in [-0.15, -0.1) is 0 Å². The molecule has 4 N–H and O–H groups in total. The molecule has 4 nitrogen and oxygen atoms in total. The van der Waals surface area contributed by atoms with Crippen molar-refractivity contribution in [3.63, 3.8) is 0 Å². The van der Waals surface area contributed by atoms with E-state index in [1.165, 1.54) is 12.1 Å². The number of rotatable bonds is 3. The average molecular weight is 197 g/mol. The lowest BCUT2D eigenvalue weighted by Gasteiger charge is -2.17. The van der Waals surface area contributed by atoms with Crippen molar-refractivity contribution < 1.29 is 14.9 Å². The van der Waals surface area contributed by atoms with Gasteiger partial charge in [0.2, 0.25) is 0 Å². The lowest BCUT2D eigenvalue weighted by Crippen LogP contribution is -2.27. The van der Waals surface area contributed by atoms with Crippen LogP contribution >= 0.6 is 0 Å². The molecular formula is C10H15NO3. The van der Waals surface area contributed by atoms with Crippen LogP contribution in [0.1, 0.15) is 13.8 Å². The van der Waals surface area contributed by atoms with Gasteiger partial charge in [-0.25, -0.2) is 0 Å². The second-order valence-corrected chi connectivity index (χ2v) is 3.82. The summed E-state index contributed by atoms with van der Waals surface area (Å²) in [6.07, 6.45) is 0. The van der Waals surface area contributed by atoms with Gasteiger partial charge >= 0.3 is 0 Å². The summed E-state index contributed by atoms with van der Waals surface area (Å²) in [6, 6.07) is 4.56. The number of aliphatic hydroxyl groups is 1. The SMILES string of the molecule is CC(C)(O)COc1ccc(O)c(N)c1. The smallest absolute Gasteiger partial charge is 0.138 e. The number of nitrogen functional groups attached to an aromatic ring is 1. The van der Waals surface area contributed by atoms with Crippen LogP contribution in [0.2, 0.25) is 0 Å². The Labute approximate surface area is 82.9 Å². The second-order valence-electron chi connectivity index (χ2n) is 3.82. The molecule has 0 spiro atoms. The average Bonchev–Trinajstić information content (AvgIpc) is 2.06. The molecule has 1 aromatic carbocycles. The van der Waals surface area contributed by atoms with Crippen LogP contribution < -0.4 is 10.5 Å². The fraction of sp³-hybridized carbons (Fsp3) is 0.400. The maximum atomic E-state index is 9.40. The van der Waals surface area contributed by atoms with Crippen LogP contribution in [0.4, 0.5) is 5.69 Å². The lowest BCUT2D eigenvalue weighted by atomic mass is 10.2. The van der Waals surface area contributed by atoms with Gasteiger partial charge in [0.05, 0.1) is 11.3 Å². The van der Waals surface area contributed by atoms with Gasteiger partial charge in [0.15, 0.2) is 0 Å². The number of ether oxygens (including phenoxy) is 1. The number of phenols is 1. The Morgan fingerprint density at radius 3 is 2.57 bits per heavy atom. The zero-order chi connectivity index (χ0) is 10.8. The summed E-state index contributed by atoms with van der Waals surface area (Å²) >= 11 is 0. The van der Waals surface area contributed by atoms with E-state index < -0.39 is 5.60 Å². The summed E-state index contributed by atoms with van der Waals surface area (Å²) in [4.78, 5) is 0. The Morgan fingerprint density at radius 1 is 1.43 bits per heavy atom. The lowest BCUT2D eigenvalue weighted by molar-refractivity contribution is 0.0285. The highest BCUT2D eigenvalue weighted by atomic mass is 16.5. The van der Waals surface area contributed by atoms with Crippen LogP contribution in [0.25, 0.3) is 0 Å². The molecule has 78 valence electrons. The zero-order valence-corrected chi connectivity index (χ0v) is 8.32. The maximum absolute atomic E-state index is 9.40. The van der Waals surface area contributed by atoms with Crippen LogP contribution in [0.15, 0.2) is 18.2 Å². The Balaban J connectivity index is 2.65. The quantitative estimate of drug-likeness (QED) is 0.501. The number of hydrogen-bond acceptors (Lipinski definition) is 4. The molecule has 0 radical (unpaired) electrons. The van der Waals surface area contributed by atoms with E-state index in [4.69, 9.17) is 15.6 Å². The Hall–Kier alpha value is -1.42. The minimum atomic E-state index is -0.882. The highest BCUT2D eigenvalue weighted by Gasteiger charge is 2.13. The number of benzene rings is 1. The zero-order valence-electron chi connectivity index (χ0n) is 8.32. The molecule has 0 heterocycles.